The second kappa shape index (κ2) is 10.0. The molecule has 12 rings (SSSR count). The Morgan fingerprint density at radius 3 is 2.16 bits per heavy atom. The molecule has 0 atom stereocenters. The molecule has 12 aromatic rings. The Morgan fingerprint density at radius 2 is 1.25 bits per heavy atom. The van der Waals surface area contributed by atoms with Crippen molar-refractivity contribution in [2.24, 2.45) is 0 Å². The van der Waals surface area contributed by atoms with Crippen molar-refractivity contribution in [2.45, 2.75) is 0 Å². The SMILES string of the molecule is [c-]1cccc2c3ccccc3c3cc4c5ccccc5n(-c5ccc6c7ccc8sc9ccccc9c8c7n(-c7ccccn7)c6c5)c4cc3[n+]12. The molecule has 6 heterocycles. The molecular weight excluding hydrogens is 641 g/mol. The van der Waals surface area contributed by atoms with Crippen LogP contribution in [0.25, 0.3) is 102 Å². The maximum absolute atomic E-state index is 4.93. The van der Waals surface area contributed by atoms with Crippen LogP contribution < -0.4 is 4.40 Å². The summed E-state index contributed by atoms with van der Waals surface area (Å²) < 4.78 is 9.62. The Bertz CT molecular complexity index is 3420. The van der Waals surface area contributed by atoms with Crippen LogP contribution in [-0.4, -0.2) is 14.1 Å². The molecule has 236 valence electrons. The smallest absolute Gasteiger partial charge is 0.152 e. The van der Waals surface area contributed by atoms with Crippen molar-refractivity contribution >= 4 is 102 Å². The lowest BCUT2D eigenvalue weighted by atomic mass is 10.0. The summed E-state index contributed by atoms with van der Waals surface area (Å²) in [5.41, 5.74) is 8.07. The monoisotopic (exact) mass is 666 g/mol. The third-order valence-electron chi connectivity index (χ3n) is 10.7. The molecule has 0 saturated carbocycles. The summed E-state index contributed by atoms with van der Waals surface area (Å²) in [6, 6.07) is 55.0. The first-order valence-electron chi connectivity index (χ1n) is 17.2. The fraction of sp³-hybridized carbons (Fsp3) is 0. The third kappa shape index (κ3) is 3.63. The van der Waals surface area contributed by atoms with Crippen LogP contribution in [0.15, 0.2) is 158 Å². The Labute approximate surface area is 295 Å². The molecule has 0 aliphatic heterocycles. The molecule has 4 nitrogen and oxygen atoms in total. The van der Waals surface area contributed by atoms with E-state index < -0.39 is 0 Å². The van der Waals surface area contributed by atoms with Crippen LogP contribution in [0.2, 0.25) is 0 Å². The van der Waals surface area contributed by atoms with Gasteiger partial charge in [-0.15, -0.1) is 17.4 Å². The lowest BCUT2D eigenvalue weighted by Crippen LogP contribution is -2.23. The molecule has 6 aromatic heterocycles. The first kappa shape index (κ1) is 27.3. The molecule has 0 radical (unpaired) electrons. The van der Waals surface area contributed by atoms with E-state index in [-0.39, 0.29) is 0 Å². The van der Waals surface area contributed by atoms with Gasteiger partial charge >= 0.3 is 0 Å². The third-order valence-corrected chi connectivity index (χ3v) is 11.8. The Morgan fingerprint density at radius 1 is 0.490 bits per heavy atom. The fourth-order valence-corrected chi connectivity index (χ4v) is 9.71. The van der Waals surface area contributed by atoms with Crippen molar-refractivity contribution in [1.82, 2.24) is 14.1 Å². The van der Waals surface area contributed by atoms with Crippen LogP contribution >= 0.6 is 11.3 Å². The van der Waals surface area contributed by atoms with E-state index in [0.717, 1.165) is 33.6 Å². The van der Waals surface area contributed by atoms with E-state index in [1.54, 1.807) is 0 Å². The molecule has 0 spiro atoms. The van der Waals surface area contributed by atoms with Crippen LogP contribution in [0.4, 0.5) is 0 Å². The molecule has 0 bridgehead atoms. The molecule has 0 N–H and O–H groups in total. The second-order valence-electron chi connectivity index (χ2n) is 13.3. The first-order valence-corrected chi connectivity index (χ1v) is 18.0. The van der Waals surface area contributed by atoms with Gasteiger partial charge in [0.25, 0.3) is 0 Å². The maximum atomic E-state index is 4.93. The molecule has 0 fully saturated rings. The van der Waals surface area contributed by atoms with Crippen molar-refractivity contribution in [2.75, 3.05) is 0 Å². The quantitative estimate of drug-likeness (QED) is 0.102. The van der Waals surface area contributed by atoms with Gasteiger partial charge < -0.3 is 4.57 Å². The van der Waals surface area contributed by atoms with Crippen molar-refractivity contribution in [1.29, 1.82) is 0 Å². The first-order chi connectivity index (χ1) is 25.3. The van der Waals surface area contributed by atoms with E-state index in [0.29, 0.717) is 0 Å². The zero-order valence-corrected chi connectivity index (χ0v) is 28.0. The minimum absolute atomic E-state index is 0.913. The van der Waals surface area contributed by atoms with Crippen molar-refractivity contribution in [3.63, 3.8) is 0 Å². The van der Waals surface area contributed by atoms with E-state index in [1.807, 2.05) is 29.7 Å². The van der Waals surface area contributed by atoms with Gasteiger partial charge in [0.05, 0.1) is 22.1 Å². The summed E-state index contributed by atoms with van der Waals surface area (Å²) in [4.78, 5) is 4.93. The molecule has 0 unspecified atom stereocenters. The number of para-hydroxylation sites is 1. The highest BCUT2D eigenvalue weighted by atomic mass is 32.1. The molecule has 0 aliphatic rings. The normalized spacial score (nSPS) is 12.3. The number of hydrogen-bond donors (Lipinski definition) is 0. The van der Waals surface area contributed by atoms with Crippen LogP contribution in [0.3, 0.4) is 0 Å². The van der Waals surface area contributed by atoms with Gasteiger partial charge in [-0.25, -0.2) is 4.98 Å². The average Bonchev–Trinajstić information content (AvgIpc) is 3.84. The van der Waals surface area contributed by atoms with Gasteiger partial charge in [-0.2, -0.15) is 0 Å². The zero-order chi connectivity index (χ0) is 33.2. The second-order valence-corrected chi connectivity index (χ2v) is 14.4. The topological polar surface area (TPSA) is 26.9 Å². The van der Waals surface area contributed by atoms with Crippen molar-refractivity contribution in [3.8, 4) is 11.5 Å². The standard InChI is InChI=1S/C46H26N4S/c1-2-12-30-29(11-1)35-26-36-31-13-3-5-16-38(31)49(41(36)27-39(35)48-24-10-8-15-37(30)48)28-19-20-32-33-21-22-43-45(34-14-4-6-17-42(34)51-43)46(33)50(40(32)25-28)44-18-7-9-23-47-44/h1-23,25-27H. The van der Waals surface area contributed by atoms with E-state index >= 15 is 0 Å². The summed E-state index contributed by atoms with van der Waals surface area (Å²) in [7, 11) is 0. The summed E-state index contributed by atoms with van der Waals surface area (Å²) in [6.45, 7) is 0. The summed E-state index contributed by atoms with van der Waals surface area (Å²) in [5.74, 6) is 0.913. The molecular formula is C46H26N4S. The lowest BCUT2D eigenvalue weighted by Gasteiger charge is -2.12. The number of fused-ring (bicyclic) bond motifs is 16. The number of hydrogen-bond acceptors (Lipinski definition) is 2. The van der Waals surface area contributed by atoms with Crippen LogP contribution in [0, 0.1) is 6.20 Å². The van der Waals surface area contributed by atoms with Crippen LogP contribution in [0.5, 0.6) is 0 Å². The number of benzene rings is 6. The fourth-order valence-electron chi connectivity index (χ4n) is 8.60. The van der Waals surface area contributed by atoms with Crippen LogP contribution in [-0.2, 0) is 0 Å². The van der Waals surface area contributed by atoms with Gasteiger partial charge in [0.1, 0.15) is 16.9 Å². The van der Waals surface area contributed by atoms with Gasteiger partial charge in [0, 0.05) is 64.4 Å². The Balaban J connectivity index is 1.23. The number of nitrogens with zero attached hydrogens (tertiary/aromatic N) is 4. The zero-order valence-electron chi connectivity index (χ0n) is 27.2. The maximum Gasteiger partial charge on any atom is 0.152 e. The van der Waals surface area contributed by atoms with E-state index in [2.05, 4.69) is 159 Å². The van der Waals surface area contributed by atoms with E-state index in [4.69, 9.17) is 4.98 Å². The minimum Gasteiger partial charge on any atom is -0.310 e. The molecule has 0 saturated heterocycles. The van der Waals surface area contributed by atoms with Gasteiger partial charge in [-0.05, 0) is 60.0 Å². The van der Waals surface area contributed by atoms with Crippen molar-refractivity contribution in [3.05, 3.63) is 164 Å². The van der Waals surface area contributed by atoms with Gasteiger partial charge in [-0.1, -0.05) is 91.0 Å². The predicted octanol–water partition coefficient (Wildman–Crippen LogP) is 11.5. The Kier molecular flexibility index (Phi) is 5.35. The lowest BCUT2D eigenvalue weighted by molar-refractivity contribution is -0.485. The highest BCUT2D eigenvalue weighted by Crippen LogP contribution is 2.44. The molecule has 6 aromatic carbocycles. The minimum atomic E-state index is 0.913. The highest BCUT2D eigenvalue weighted by Gasteiger charge is 2.21. The summed E-state index contributed by atoms with van der Waals surface area (Å²) in [5, 5.41) is 11.2. The van der Waals surface area contributed by atoms with Gasteiger partial charge in [0.2, 0.25) is 0 Å². The number of aromatic nitrogens is 4. The molecule has 51 heavy (non-hydrogen) atoms. The number of rotatable bonds is 2. The number of thiophene rings is 1. The van der Waals surface area contributed by atoms with Crippen LogP contribution in [0.1, 0.15) is 0 Å². The molecule has 0 aliphatic carbocycles. The van der Waals surface area contributed by atoms with E-state index in [9.17, 15) is 0 Å². The van der Waals surface area contributed by atoms with E-state index in [1.165, 1.54) is 68.9 Å². The molecule has 0 amide bonds. The van der Waals surface area contributed by atoms with Gasteiger partial charge in [-0.3, -0.25) is 8.97 Å². The highest BCUT2D eigenvalue weighted by molar-refractivity contribution is 7.26. The summed E-state index contributed by atoms with van der Waals surface area (Å²) >= 11 is 1.85. The predicted molar refractivity (Wildman–Crippen MR) is 213 cm³/mol. The van der Waals surface area contributed by atoms with Gasteiger partial charge in [0.15, 0.2) is 6.20 Å². The molecule has 5 heteroatoms. The largest absolute Gasteiger partial charge is 0.310 e. The average molecular weight is 667 g/mol. The summed E-state index contributed by atoms with van der Waals surface area (Å²) in [6.07, 6.45) is 5.42. The number of pyridine rings is 3. The van der Waals surface area contributed by atoms with Crippen molar-refractivity contribution < 1.29 is 4.40 Å². The Hall–Kier alpha value is -6.56.